The summed E-state index contributed by atoms with van der Waals surface area (Å²) in [6, 6.07) is 3.94. The molecule has 3 atom stereocenters. The maximum atomic E-state index is 13.9. The van der Waals surface area contributed by atoms with E-state index in [-0.39, 0.29) is 5.82 Å². The summed E-state index contributed by atoms with van der Waals surface area (Å²) in [4.78, 5) is 8.76. The van der Waals surface area contributed by atoms with Gasteiger partial charge in [0.25, 0.3) is 0 Å². The fraction of sp³-hybridized carbons (Fsp3) is 0.308. The number of aromatic nitrogens is 3. The molecule has 2 aliphatic rings. The molecule has 164 valence electrons. The Morgan fingerprint density at radius 3 is 2.88 bits per heavy atom. The van der Waals surface area contributed by atoms with Crippen molar-refractivity contribution >= 4 is 11.3 Å². The number of hydrogen-bond acceptors (Lipinski definition) is 4. The summed E-state index contributed by atoms with van der Waals surface area (Å²) in [5.74, 6) is 0.459. The first-order chi connectivity index (χ1) is 15.6. The standard InChI is InChI=1S/C26H28FN5/c1-3-17(2)25-15-31-26-24(11-20(16-32(25)26)19-10-21(27)14-28-12-19)29-9-8-18-13-30-23-7-5-4-6-22(18)23/h4-7,10-17,22-23,29-30H,3,8-9H2,1-2H3. The van der Waals surface area contributed by atoms with Crippen LogP contribution in [0, 0.1) is 11.7 Å². The van der Waals surface area contributed by atoms with E-state index < -0.39 is 0 Å². The molecular formula is C26H28FN5. The van der Waals surface area contributed by atoms with Crippen molar-refractivity contribution in [3.8, 4) is 11.1 Å². The summed E-state index contributed by atoms with van der Waals surface area (Å²) in [5, 5.41) is 7.06. The lowest BCUT2D eigenvalue weighted by atomic mass is 9.90. The first-order valence-electron chi connectivity index (χ1n) is 11.3. The van der Waals surface area contributed by atoms with Crippen LogP contribution in [0.1, 0.15) is 38.3 Å². The number of allylic oxidation sites excluding steroid dienone is 2. The van der Waals surface area contributed by atoms with Crippen molar-refractivity contribution in [1.82, 2.24) is 19.7 Å². The van der Waals surface area contributed by atoms with Crippen LogP contribution < -0.4 is 10.6 Å². The van der Waals surface area contributed by atoms with E-state index in [1.54, 1.807) is 6.20 Å². The van der Waals surface area contributed by atoms with Crippen LogP contribution in [-0.4, -0.2) is 27.0 Å². The molecular weight excluding hydrogens is 401 g/mol. The summed E-state index contributed by atoms with van der Waals surface area (Å²) < 4.78 is 16.0. The number of imidazole rings is 1. The molecule has 2 N–H and O–H groups in total. The molecule has 0 radical (unpaired) electrons. The molecule has 0 spiro atoms. The highest BCUT2D eigenvalue weighted by molar-refractivity contribution is 5.76. The zero-order chi connectivity index (χ0) is 22.1. The van der Waals surface area contributed by atoms with Crippen LogP contribution in [-0.2, 0) is 0 Å². The van der Waals surface area contributed by atoms with E-state index in [1.165, 1.54) is 17.8 Å². The smallest absolute Gasteiger partial charge is 0.160 e. The lowest BCUT2D eigenvalue weighted by Gasteiger charge is -2.19. The molecule has 1 aliphatic carbocycles. The molecule has 0 fully saturated rings. The lowest BCUT2D eigenvalue weighted by Crippen LogP contribution is -2.25. The highest BCUT2D eigenvalue weighted by Crippen LogP contribution is 2.31. The van der Waals surface area contributed by atoms with Crippen LogP contribution in [0.15, 0.2) is 73.0 Å². The zero-order valence-electron chi connectivity index (χ0n) is 18.4. The highest BCUT2D eigenvalue weighted by atomic mass is 19.1. The summed E-state index contributed by atoms with van der Waals surface area (Å²) >= 11 is 0. The predicted molar refractivity (Wildman–Crippen MR) is 127 cm³/mol. The number of fused-ring (bicyclic) bond motifs is 2. The first kappa shape index (κ1) is 20.5. The van der Waals surface area contributed by atoms with E-state index in [1.807, 2.05) is 18.5 Å². The molecule has 3 aromatic heterocycles. The maximum absolute atomic E-state index is 13.9. The predicted octanol–water partition coefficient (Wildman–Crippen LogP) is 5.45. The molecule has 5 nitrogen and oxygen atoms in total. The Kier molecular flexibility index (Phi) is 5.52. The number of anilines is 1. The van der Waals surface area contributed by atoms with Crippen molar-refractivity contribution in [2.24, 2.45) is 5.92 Å². The fourth-order valence-corrected chi connectivity index (χ4v) is 4.54. The second-order valence-electron chi connectivity index (χ2n) is 8.60. The third-order valence-electron chi connectivity index (χ3n) is 6.54. The van der Waals surface area contributed by atoms with Gasteiger partial charge in [0.1, 0.15) is 5.82 Å². The number of rotatable bonds is 7. The summed E-state index contributed by atoms with van der Waals surface area (Å²) in [6.45, 7) is 5.17. The molecule has 6 heteroatoms. The van der Waals surface area contributed by atoms with Crippen molar-refractivity contribution in [2.45, 2.75) is 38.6 Å². The topological polar surface area (TPSA) is 54.2 Å². The van der Waals surface area contributed by atoms with Crippen molar-refractivity contribution < 1.29 is 4.39 Å². The van der Waals surface area contributed by atoms with Gasteiger partial charge in [0.2, 0.25) is 0 Å². The zero-order valence-corrected chi connectivity index (χ0v) is 18.4. The number of nitrogens with one attached hydrogen (secondary N) is 2. The van der Waals surface area contributed by atoms with Gasteiger partial charge in [0, 0.05) is 47.9 Å². The van der Waals surface area contributed by atoms with Crippen LogP contribution in [0.2, 0.25) is 0 Å². The second-order valence-corrected chi connectivity index (χ2v) is 8.60. The van der Waals surface area contributed by atoms with E-state index in [9.17, 15) is 4.39 Å². The molecule has 32 heavy (non-hydrogen) atoms. The van der Waals surface area contributed by atoms with Crippen LogP contribution in [0.25, 0.3) is 16.8 Å². The summed E-state index contributed by atoms with van der Waals surface area (Å²) in [7, 11) is 0. The van der Waals surface area contributed by atoms with Crippen molar-refractivity contribution in [2.75, 3.05) is 11.9 Å². The maximum Gasteiger partial charge on any atom is 0.160 e. The molecule has 0 bridgehead atoms. The van der Waals surface area contributed by atoms with Gasteiger partial charge in [0.05, 0.1) is 17.9 Å². The molecule has 0 aromatic carbocycles. The van der Waals surface area contributed by atoms with Gasteiger partial charge >= 0.3 is 0 Å². The largest absolute Gasteiger partial charge is 0.384 e. The van der Waals surface area contributed by atoms with E-state index in [4.69, 9.17) is 4.98 Å². The van der Waals surface area contributed by atoms with E-state index in [2.05, 4.69) is 64.4 Å². The van der Waals surface area contributed by atoms with Crippen LogP contribution in [0.3, 0.4) is 0 Å². The van der Waals surface area contributed by atoms with Gasteiger partial charge in [-0.05, 0) is 42.7 Å². The van der Waals surface area contributed by atoms with Gasteiger partial charge in [-0.25, -0.2) is 9.37 Å². The number of pyridine rings is 2. The molecule has 0 saturated carbocycles. The van der Waals surface area contributed by atoms with Crippen molar-refractivity contribution in [3.05, 3.63) is 84.5 Å². The number of nitrogens with zero attached hydrogens (tertiary/aromatic N) is 3. The van der Waals surface area contributed by atoms with Gasteiger partial charge < -0.3 is 15.0 Å². The minimum atomic E-state index is -0.338. The molecule has 4 heterocycles. The highest BCUT2D eigenvalue weighted by Gasteiger charge is 2.26. The minimum Gasteiger partial charge on any atom is -0.384 e. The second kappa shape index (κ2) is 8.61. The molecule has 3 aromatic rings. The Morgan fingerprint density at radius 1 is 1.16 bits per heavy atom. The molecule has 5 rings (SSSR count). The van der Waals surface area contributed by atoms with Gasteiger partial charge in [-0.15, -0.1) is 0 Å². The third-order valence-corrected chi connectivity index (χ3v) is 6.54. The van der Waals surface area contributed by atoms with Gasteiger partial charge in [-0.1, -0.05) is 38.2 Å². The Hall–Kier alpha value is -3.41. The number of halogens is 1. The van der Waals surface area contributed by atoms with Crippen LogP contribution in [0.4, 0.5) is 10.1 Å². The van der Waals surface area contributed by atoms with E-state index in [0.717, 1.165) is 47.5 Å². The molecule has 0 saturated heterocycles. The monoisotopic (exact) mass is 429 g/mol. The third kappa shape index (κ3) is 3.81. The Bertz CT molecular complexity index is 1220. The van der Waals surface area contributed by atoms with Gasteiger partial charge in [-0.3, -0.25) is 4.98 Å². The Labute approximate surface area is 187 Å². The first-order valence-corrected chi connectivity index (χ1v) is 11.3. The quantitative estimate of drug-likeness (QED) is 0.524. The summed E-state index contributed by atoms with van der Waals surface area (Å²) in [5.41, 5.74) is 6.06. The van der Waals surface area contributed by atoms with E-state index >= 15 is 0 Å². The van der Waals surface area contributed by atoms with Crippen LogP contribution in [0.5, 0.6) is 0 Å². The van der Waals surface area contributed by atoms with Gasteiger partial charge in [0.15, 0.2) is 5.65 Å². The lowest BCUT2D eigenvalue weighted by molar-refractivity contribution is 0.620. The fourth-order valence-electron chi connectivity index (χ4n) is 4.54. The molecule has 3 unspecified atom stereocenters. The van der Waals surface area contributed by atoms with Crippen molar-refractivity contribution in [3.63, 3.8) is 0 Å². The van der Waals surface area contributed by atoms with E-state index in [0.29, 0.717) is 17.9 Å². The van der Waals surface area contributed by atoms with Crippen molar-refractivity contribution in [1.29, 1.82) is 0 Å². The van der Waals surface area contributed by atoms with Gasteiger partial charge in [-0.2, -0.15) is 0 Å². The van der Waals surface area contributed by atoms with Crippen LogP contribution >= 0.6 is 0 Å². The molecule has 1 aliphatic heterocycles. The number of hydrogen-bond donors (Lipinski definition) is 2. The average Bonchev–Trinajstić information content (AvgIpc) is 3.43. The Morgan fingerprint density at radius 2 is 2.03 bits per heavy atom. The minimum absolute atomic E-state index is 0.338. The SMILES string of the molecule is CCC(C)c1cnc2c(NCCC3=CNC4C=CC=CC34)cc(-c3cncc(F)c3)cn12. The molecule has 0 amide bonds. The normalized spacial score (nSPS) is 20.2. The summed E-state index contributed by atoms with van der Waals surface area (Å²) in [6.07, 6.45) is 19.7. The Balaban J connectivity index is 1.44. The average molecular weight is 430 g/mol.